The molecule has 106 valence electrons. The van der Waals surface area contributed by atoms with Gasteiger partial charge in [0.25, 0.3) is 0 Å². The normalized spacial score (nSPS) is 13.1. The molecule has 0 aromatic heterocycles. The summed E-state index contributed by atoms with van der Waals surface area (Å²) in [5, 5.41) is 0. The van der Waals surface area contributed by atoms with E-state index in [0.717, 1.165) is 0 Å². The highest BCUT2D eigenvalue weighted by atomic mass is 32.2. The molecule has 0 aliphatic carbocycles. The largest absolute Gasteiger partial charge is 0.465 e. The molecule has 1 unspecified atom stereocenters. The molecule has 0 bridgehead atoms. The molecule has 6 heteroatoms. The lowest BCUT2D eigenvalue weighted by molar-refractivity contribution is -0.157. The average molecular weight is 278 g/mol. The van der Waals surface area contributed by atoms with Gasteiger partial charge in [-0.3, -0.25) is 13.8 Å². The van der Waals surface area contributed by atoms with Crippen LogP contribution in [0.15, 0.2) is 0 Å². The third-order valence-corrected chi connectivity index (χ3v) is 3.82. The highest BCUT2D eigenvalue weighted by Crippen LogP contribution is 2.19. The first-order valence-corrected chi connectivity index (χ1v) is 7.39. The summed E-state index contributed by atoms with van der Waals surface area (Å²) in [6.07, 6.45) is 0.635. The number of rotatable bonds is 9. The molecule has 5 nitrogen and oxygen atoms in total. The van der Waals surface area contributed by atoms with E-state index in [4.69, 9.17) is 9.47 Å². The lowest BCUT2D eigenvalue weighted by atomic mass is 9.89. The van der Waals surface area contributed by atoms with E-state index in [1.165, 1.54) is 13.8 Å². The number of ketones is 1. The number of hydrogen-bond acceptors (Lipinski definition) is 5. The molecule has 0 aromatic rings. The van der Waals surface area contributed by atoms with Gasteiger partial charge in [0.05, 0.1) is 12.4 Å². The first-order chi connectivity index (χ1) is 8.36. The molecule has 0 aliphatic rings. The van der Waals surface area contributed by atoms with Crippen LogP contribution in [0.3, 0.4) is 0 Å². The lowest BCUT2D eigenvalue weighted by Crippen LogP contribution is -2.38. The molecule has 0 radical (unpaired) electrons. The number of ether oxygens (including phenoxy) is 2. The SMILES string of the molecule is CCOC(=O)C(C)(C)C(=O)CS(=O)CCCOC. The van der Waals surface area contributed by atoms with Crippen molar-refractivity contribution in [3.63, 3.8) is 0 Å². The Morgan fingerprint density at radius 3 is 2.39 bits per heavy atom. The van der Waals surface area contributed by atoms with E-state index in [2.05, 4.69) is 0 Å². The molecule has 0 amide bonds. The van der Waals surface area contributed by atoms with Crippen LogP contribution in [-0.4, -0.2) is 47.8 Å². The number of Topliss-reactive ketones (excluding diaryl/α,β-unsaturated/α-hetero) is 1. The van der Waals surface area contributed by atoms with Gasteiger partial charge >= 0.3 is 5.97 Å². The molecular formula is C12H22O5S. The van der Waals surface area contributed by atoms with Crippen LogP contribution >= 0.6 is 0 Å². The van der Waals surface area contributed by atoms with E-state index in [1.807, 2.05) is 0 Å². The summed E-state index contributed by atoms with van der Waals surface area (Å²) < 4.78 is 21.3. The molecule has 0 N–H and O–H groups in total. The van der Waals surface area contributed by atoms with Gasteiger partial charge in [0.1, 0.15) is 5.41 Å². The zero-order valence-corrected chi connectivity index (χ0v) is 12.3. The minimum absolute atomic E-state index is 0.116. The van der Waals surface area contributed by atoms with Crippen LogP contribution in [0.2, 0.25) is 0 Å². The molecule has 0 aliphatic heterocycles. The second-order valence-electron chi connectivity index (χ2n) is 4.40. The smallest absolute Gasteiger partial charge is 0.319 e. The van der Waals surface area contributed by atoms with Crippen LogP contribution in [-0.2, 0) is 29.9 Å². The molecule has 0 saturated carbocycles. The lowest BCUT2D eigenvalue weighted by Gasteiger charge is -2.20. The molecule has 18 heavy (non-hydrogen) atoms. The van der Waals surface area contributed by atoms with E-state index in [0.29, 0.717) is 18.8 Å². The summed E-state index contributed by atoms with van der Waals surface area (Å²) in [6.45, 7) is 5.42. The maximum atomic E-state index is 11.9. The van der Waals surface area contributed by atoms with Gasteiger partial charge in [0.2, 0.25) is 0 Å². The van der Waals surface area contributed by atoms with Gasteiger partial charge in [0.15, 0.2) is 5.78 Å². The average Bonchev–Trinajstić information content (AvgIpc) is 2.29. The molecule has 0 rings (SSSR count). The van der Waals surface area contributed by atoms with Crippen molar-refractivity contribution in [2.45, 2.75) is 27.2 Å². The zero-order valence-electron chi connectivity index (χ0n) is 11.5. The number of carbonyl (C=O) groups is 2. The predicted molar refractivity (Wildman–Crippen MR) is 69.8 cm³/mol. The van der Waals surface area contributed by atoms with Crippen LogP contribution < -0.4 is 0 Å². The third kappa shape index (κ3) is 5.73. The van der Waals surface area contributed by atoms with Crippen molar-refractivity contribution in [2.24, 2.45) is 5.41 Å². The minimum atomic E-state index is -1.26. The fourth-order valence-corrected chi connectivity index (χ4v) is 2.43. The van der Waals surface area contributed by atoms with Crippen molar-refractivity contribution < 1.29 is 23.3 Å². The number of esters is 1. The van der Waals surface area contributed by atoms with Crippen molar-refractivity contribution in [3.05, 3.63) is 0 Å². The number of carbonyl (C=O) groups excluding carboxylic acids is 2. The summed E-state index contributed by atoms with van der Waals surface area (Å²) in [5.74, 6) is -0.630. The van der Waals surface area contributed by atoms with Gasteiger partial charge in [-0.1, -0.05) is 0 Å². The predicted octanol–water partition coefficient (Wildman–Crippen LogP) is 0.930. The quantitative estimate of drug-likeness (QED) is 0.356. The number of methoxy groups -OCH3 is 1. The summed E-state index contributed by atoms with van der Waals surface area (Å²) in [6, 6.07) is 0. The van der Waals surface area contributed by atoms with Crippen molar-refractivity contribution in [1.82, 2.24) is 0 Å². The molecule has 1 atom stereocenters. The highest BCUT2D eigenvalue weighted by Gasteiger charge is 2.37. The van der Waals surface area contributed by atoms with Crippen LogP contribution in [0, 0.1) is 5.41 Å². The van der Waals surface area contributed by atoms with Crippen LogP contribution in [0.25, 0.3) is 0 Å². The Kier molecular flexibility index (Phi) is 8.02. The summed E-state index contributed by atoms with van der Waals surface area (Å²) in [4.78, 5) is 23.5. The fraction of sp³-hybridized carbons (Fsp3) is 0.833. The second kappa shape index (κ2) is 8.37. The van der Waals surface area contributed by atoms with Crippen molar-refractivity contribution in [1.29, 1.82) is 0 Å². The number of hydrogen-bond donors (Lipinski definition) is 0. The Hall–Kier alpha value is -0.750. The Morgan fingerprint density at radius 1 is 1.28 bits per heavy atom. The van der Waals surface area contributed by atoms with Gasteiger partial charge in [0, 0.05) is 30.3 Å². The van der Waals surface area contributed by atoms with Crippen LogP contribution in [0.1, 0.15) is 27.2 Å². The maximum absolute atomic E-state index is 11.9. The Labute approximate surface area is 111 Å². The fourth-order valence-electron chi connectivity index (χ4n) is 1.19. The molecule has 0 fully saturated rings. The third-order valence-electron chi connectivity index (χ3n) is 2.50. The monoisotopic (exact) mass is 278 g/mol. The maximum Gasteiger partial charge on any atom is 0.319 e. The van der Waals surface area contributed by atoms with Crippen LogP contribution in [0.4, 0.5) is 0 Å². The second-order valence-corrected chi connectivity index (χ2v) is 5.98. The standard InChI is InChI=1S/C12H22O5S/c1-5-17-11(14)12(2,3)10(13)9-18(15)8-6-7-16-4/h5-9H2,1-4H3. The van der Waals surface area contributed by atoms with Gasteiger partial charge in [-0.2, -0.15) is 0 Å². The highest BCUT2D eigenvalue weighted by molar-refractivity contribution is 7.85. The van der Waals surface area contributed by atoms with Gasteiger partial charge in [-0.15, -0.1) is 0 Å². The summed E-state index contributed by atoms with van der Waals surface area (Å²) in [7, 11) is 0.312. The molecular weight excluding hydrogens is 256 g/mol. The van der Waals surface area contributed by atoms with Gasteiger partial charge in [-0.05, 0) is 27.2 Å². The summed E-state index contributed by atoms with van der Waals surface area (Å²) >= 11 is 0. The van der Waals surface area contributed by atoms with Gasteiger partial charge in [-0.25, -0.2) is 0 Å². The van der Waals surface area contributed by atoms with Gasteiger partial charge < -0.3 is 9.47 Å². The van der Waals surface area contributed by atoms with Crippen molar-refractivity contribution in [3.8, 4) is 0 Å². The van der Waals surface area contributed by atoms with Crippen molar-refractivity contribution >= 4 is 22.6 Å². The molecule has 0 aromatic carbocycles. The van der Waals surface area contributed by atoms with E-state index in [-0.39, 0.29) is 18.1 Å². The first kappa shape index (κ1) is 17.2. The van der Waals surface area contributed by atoms with Crippen molar-refractivity contribution in [2.75, 3.05) is 31.8 Å². The molecule has 0 spiro atoms. The molecule has 0 heterocycles. The summed E-state index contributed by atoms with van der Waals surface area (Å²) in [5.41, 5.74) is -1.23. The van der Waals surface area contributed by atoms with E-state index >= 15 is 0 Å². The van der Waals surface area contributed by atoms with E-state index in [9.17, 15) is 13.8 Å². The Bertz CT molecular complexity index is 312. The Balaban J connectivity index is 4.29. The molecule has 0 saturated heterocycles. The Morgan fingerprint density at radius 2 is 1.89 bits per heavy atom. The van der Waals surface area contributed by atoms with Crippen LogP contribution in [0.5, 0.6) is 0 Å². The first-order valence-electron chi connectivity index (χ1n) is 5.90. The van der Waals surface area contributed by atoms with E-state index in [1.54, 1.807) is 14.0 Å². The van der Waals surface area contributed by atoms with E-state index < -0.39 is 22.2 Å². The minimum Gasteiger partial charge on any atom is -0.465 e. The zero-order chi connectivity index (χ0) is 14.2. The topological polar surface area (TPSA) is 69.7 Å².